The Kier molecular flexibility index (Phi) is 6.48. The SMILES string of the molecule is CCOC(=O)Cn1c2c(sc1=O)C(c1ccccc1)C1C(=O)N(c3cccc(C(F)(F)F)c3)C(=O)C1S2. The molecule has 2 aliphatic heterocycles. The molecule has 3 heterocycles. The normalized spacial score (nSPS) is 21.1. The molecule has 2 aliphatic rings. The van der Waals surface area contributed by atoms with Crippen molar-refractivity contribution >= 4 is 46.6 Å². The molecule has 0 spiro atoms. The number of halogens is 3. The fraction of sp³-hybridized carbons (Fsp3) is 0.280. The van der Waals surface area contributed by atoms with Crippen molar-refractivity contribution in [2.45, 2.75) is 35.8 Å². The number of amides is 2. The number of thioether (sulfide) groups is 1. The number of ether oxygens (including phenoxy) is 1. The minimum atomic E-state index is -4.65. The van der Waals surface area contributed by atoms with Gasteiger partial charge in [0.1, 0.15) is 11.8 Å². The number of benzene rings is 2. The number of aromatic nitrogens is 1. The van der Waals surface area contributed by atoms with Gasteiger partial charge >= 0.3 is 17.0 Å². The van der Waals surface area contributed by atoms with Crippen LogP contribution in [0.25, 0.3) is 0 Å². The maximum atomic E-state index is 13.7. The average Bonchev–Trinajstić information content (AvgIpc) is 3.30. The molecule has 3 aromatic rings. The van der Waals surface area contributed by atoms with Gasteiger partial charge in [-0.2, -0.15) is 13.2 Å². The first-order chi connectivity index (χ1) is 17.6. The standard InChI is InChI=1S/C25H19F3N2O5S2/c1-2-35-16(31)12-29-23-20(37-24(29)34)17(13-7-4-3-5-8-13)18-19(36-23)22(33)30(21(18)32)15-10-6-9-14(11-15)25(26,27)28/h3-11,17-19H,2,12H2,1H3. The minimum absolute atomic E-state index is 0.128. The first kappa shape index (κ1) is 25.3. The van der Waals surface area contributed by atoms with Crippen molar-refractivity contribution in [3.8, 4) is 0 Å². The molecule has 0 saturated carbocycles. The highest BCUT2D eigenvalue weighted by molar-refractivity contribution is 8.00. The molecule has 0 radical (unpaired) electrons. The lowest BCUT2D eigenvalue weighted by atomic mass is 9.83. The third kappa shape index (κ3) is 4.37. The minimum Gasteiger partial charge on any atom is -0.465 e. The van der Waals surface area contributed by atoms with Gasteiger partial charge in [-0.1, -0.05) is 59.5 Å². The number of rotatable bonds is 5. The van der Waals surface area contributed by atoms with Crippen molar-refractivity contribution in [3.63, 3.8) is 0 Å². The van der Waals surface area contributed by atoms with E-state index < -0.39 is 51.5 Å². The Balaban J connectivity index is 1.62. The molecule has 12 heteroatoms. The summed E-state index contributed by atoms with van der Waals surface area (Å²) < 4.78 is 46.3. The Morgan fingerprint density at radius 2 is 1.76 bits per heavy atom. The lowest BCUT2D eigenvalue weighted by Crippen LogP contribution is -2.32. The molecule has 5 rings (SSSR count). The highest BCUT2D eigenvalue weighted by Gasteiger charge is 2.57. The third-order valence-electron chi connectivity index (χ3n) is 6.23. The molecule has 1 aromatic heterocycles. The van der Waals surface area contributed by atoms with Crippen LogP contribution >= 0.6 is 23.1 Å². The number of hydrogen-bond donors (Lipinski definition) is 0. The Labute approximate surface area is 216 Å². The zero-order valence-electron chi connectivity index (χ0n) is 19.2. The van der Waals surface area contributed by atoms with Gasteiger partial charge in [-0.05, 0) is 30.7 Å². The molecule has 0 N–H and O–H groups in total. The quantitative estimate of drug-likeness (QED) is 0.350. The molecule has 3 atom stereocenters. The van der Waals surface area contributed by atoms with Crippen LogP contribution in [0.3, 0.4) is 0 Å². The number of carbonyl (C=O) groups is 3. The monoisotopic (exact) mass is 548 g/mol. The smallest absolute Gasteiger partial charge is 0.416 e. The zero-order chi connectivity index (χ0) is 26.5. The van der Waals surface area contributed by atoms with Crippen molar-refractivity contribution in [2.24, 2.45) is 5.92 Å². The van der Waals surface area contributed by atoms with Crippen LogP contribution in [0.2, 0.25) is 0 Å². The van der Waals surface area contributed by atoms with Gasteiger partial charge in [0.25, 0.3) is 0 Å². The van der Waals surface area contributed by atoms with E-state index in [0.717, 1.165) is 46.2 Å². The summed E-state index contributed by atoms with van der Waals surface area (Å²) in [6.07, 6.45) is -4.65. The van der Waals surface area contributed by atoms with Crippen LogP contribution in [0, 0.1) is 5.92 Å². The molecule has 192 valence electrons. The van der Waals surface area contributed by atoms with E-state index in [0.29, 0.717) is 15.5 Å². The van der Waals surface area contributed by atoms with Crippen LogP contribution in [0.4, 0.5) is 18.9 Å². The van der Waals surface area contributed by atoms with Crippen molar-refractivity contribution in [1.82, 2.24) is 4.57 Å². The molecule has 3 unspecified atom stereocenters. The van der Waals surface area contributed by atoms with Crippen LogP contribution in [0.1, 0.15) is 28.8 Å². The summed E-state index contributed by atoms with van der Waals surface area (Å²) in [7, 11) is 0. The summed E-state index contributed by atoms with van der Waals surface area (Å²) in [4.78, 5) is 53.3. The first-order valence-electron chi connectivity index (χ1n) is 11.3. The summed E-state index contributed by atoms with van der Waals surface area (Å²) in [5.74, 6) is -3.58. The Hall–Kier alpha value is -3.38. The number of anilines is 1. The predicted octanol–water partition coefficient (Wildman–Crippen LogP) is 4.29. The van der Waals surface area contributed by atoms with Crippen LogP contribution < -0.4 is 9.77 Å². The second-order valence-corrected chi connectivity index (χ2v) is 10.6. The molecule has 1 fully saturated rings. The number of thiazole rings is 1. The molecule has 0 bridgehead atoms. The molecule has 7 nitrogen and oxygen atoms in total. The van der Waals surface area contributed by atoms with Gasteiger partial charge in [0.05, 0.1) is 28.8 Å². The van der Waals surface area contributed by atoms with Gasteiger partial charge in [0.15, 0.2) is 0 Å². The number of hydrogen-bond acceptors (Lipinski definition) is 7. The van der Waals surface area contributed by atoms with Gasteiger partial charge in [-0.25, -0.2) is 4.90 Å². The van der Waals surface area contributed by atoms with Crippen molar-refractivity contribution in [3.05, 3.63) is 80.3 Å². The number of fused-ring (bicyclic) bond motifs is 2. The lowest BCUT2D eigenvalue weighted by Gasteiger charge is -2.30. The number of carbonyl (C=O) groups excluding carboxylic acids is 3. The number of nitrogens with zero attached hydrogens (tertiary/aromatic N) is 2. The summed E-state index contributed by atoms with van der Waals surface area (Å²) in [5.41, 5.74) is -0.468. The van der Waals surface area contributed by atoms with E-state index in [-0.39, 0.29) is 18.8 Å². The topological polar surface area (TPSA) is 85.7 Å². The molecule has 2 aromatic carbocycles. The second kappa shape index (κ2) is 9.49. The van der Waals surface area contributed by atoms with Crippen LogP contribution in [0.15, 0.2) is 64.4 Å². The summed E-state index contributed by atoms with van der Waals surface area (Å²) in [6.45, 7) is 1.41. The fourth-order valence-electron chi connectivity index (χ4n) is 4.69. The summed E-state index contributed by atoms with van der Waals surface area (Å²) in [6, 6.07) is 12.9. The van der Waals surface area contributed by atoms with E-state index in [1.807, 2.05) is 0 Å². The van der Waals surface area contributed by atoms with E-state index in [1.165, 1.54) is 10.6 Å². The van der Waals surface area contributed by atoms with Crippen molar-refractivity contribution < 1.29 is 32.3 Å². The van der Waals surface area contributed by atoms with Crippen LogP contribution in [0.5, 0.6) is 0 Å². The van der Waals surface area contributed by atoms with Crippen LogP contribution in [-0.2, 0) is 31.8 Å². The second-order valence-electron chi connectivity index (χ2n) is 8.44. The Morgan fingerprint density at radius 1 is 1.03 bits per heavy atom. The zero-order valence-corrected chi connectivity index (χ0v) is 20.9. The molecule has 1 saturated heterocycles. The maximum absolute atomic E-state index is 13.7. The van der Waals surface area contributed by atoms with E-state index in [4.69, 9.17) is 4.74 Å². The summed E-state index contributed by atoms with van der Waals surface area (Å²) >= 11 is 1.87. The van der Waals surface area contributed by atoms with Crippen molar-refractivity contribution in [1.29, 1.82) is 0 Å². The van der Waals surface area contributed by atoms with E-state index in [9.17, 15) is 32.3 Å². The average molecular weight is 549 g/mol. The Morgan fingerprint density at radius 3 is 2.43 bits per heavy atom. The Bertz CT molecular complexity index is 1450. The number of imide groups is 1. The van der Waals surface area contributed by atoms with Gasteiger partial charge in [0.2, 0.25) is 11.8 Å². The number of alkyl halides is 3. The first-order valence-corrected chi connectivity index (χ1v) is 13.0. The molecule has 37 heavy (non-hydrogen) atoms. The van der Waals surface area contributed by atoms with Gasteiger partial charge in [0, 0.05) is 10.8 Å². The number of esters is 1. The van der Waals surface area contributed by atoms with Gasteiger partial charge in [-0.15, -0.1) is 0 Å². The third-order valence-corrected chi connectivity index (χ3v) is 8.84. The lowest BCUT2D eigenvalue weighted by molar-refractivity contribution is -0.144. The van der Waals surface area contributed by atoms with E-state index >= 15 is 0 Å². The van der Waals surface area contributed by atoms with Gasteiger partial charge < -0.3 is 4.74 Å². The highest BCUT2D eigenvalue weighted by atomic mass is 32.2. The fourth-order valence-corrected chi connectivity index (χ4v) is 7.46. The largest absolute Gasteiger partial charge is 0.465 e. The maximum Gasteiger partial charge on any atom is 0.416 e. The molecular formula is C25H19F3N2O5S2. The molecule has 2 amide bonds. The van der Waals surface area contributed by atoms with E-state index in [1.54, 1.807) is 37.3 Å². The van der Waals surface area contributed by atoms with E-state index in [2.05, 4.69) is 0 Å². The van der Waals surface area contributed by atoms with Crippen LogP contribution in [-0.4, -0.2) is 34.2 Å². The highest BCUT2D eigenvalue weighted by Crippen LogP contribution is 2.54. The van der Waals surface area contributed by atoms with Crippen molar-refractivity contribution in [2.75, 3.05) is 11.5 Å². The predicted molar refractivity (Wildman–Crippen MR) is 131 cm³/mol. The molecule has 0 aliphatic carbocycles. The molecular weight excluding hydrogens is 529 g/mol. The summed E-state index contributed by atoms with van der Waals surface area (Å²) in [5, 5.41) is -0.618. The van der Waals surface area contributed by atoms with Gasteiger partial charge in [-0.3, -0.25) is 23.7 Å².